The Bertz CT molecular complexity index is 410. The summed E-state index contributed by atoms with van der Waals surface area (Å²) in [6.07, 6.45) is -5.13. The van der Waals surface area contributed by atoms with Crippen LogP contribution in [-0.4, -0.2) is 26.9 Å². The average molecular weight is 284 g/mol. The lowest BCUT2D eigenvalue weighted by atomic mass is 10.2. The molecular weight excluding hydrogens is 271 g/mol. The molecule has 0 aromatic heterocycles. The molecule has 0 amide bonds. The van der Waals surface area contributed by atoms with Crippen LogP contribution in [0.5, 0.6) is 11.5 Å². The van der Waals surface area contributed by atoms with Crippen molar-refractivity contribution in [2.24, 2.45) is 0 Å². The maximum atomic E-state index is 12.0. The van der Waals surface area contributed by atoms with Crippen molar-refractivity contribution in [1.82, 2.24) is 0 Å². The summed E-state index contributed by atoms with van der Waals surface area (Å²) in [4.78, 5) is 0. The highest BCUT2D eigenvalue weighted by atomic mass is 35.5. The largest absolute Gasteiger partial charge is 0.495 e. The second-order valence-corrected chi connectivity index (χ2v) is 3.89. The zero-order chi connectivity index (χ0) is 13.8. The van der Waals surface area contributed by atoms with Crippen LogP contribution in [0.3, 0.4) is 0 Å². The van der Waals surface area contributed by atoms with Crippen molar-refractivity contribution in [3.05, 3.63) is 17.2 Å². The first-order valence-electron chi connectivity index (χ1n) is 5.09. The number of anilines is 1. The predicted octanol–water partition coefficient (Wildman–Crippen LogP) is 3.72. The summed E-state index contributed by atoms with van der Waals surface area (Å²) < 4.78 is 46.1. The summed E-state index contributed by atoms with van der Waals surface area (Å²) in [5.41, 5.74) is 0.406. The van der Waals surface area contributed by atoms with Gasteiger partial charge < -0.3 is 14.8 Å². The lowest BCUT2D eigenvalue weighted by molar-refractivity contribution is -0.131. The second kappa shape index (κ2) is 6.04. The van der Waals surface area contributed by atoms with E-state index >= 15 is 0 Å². The average Bonchev–Trinajstić information content (AvgIpc) is 2.28. The van der Waals surface area contributed by atoms with Crippen LogP contribution in [0.4, 0.5) is 18.9 Å². The SMILES string of the molecule is COc1cc(NCCC(F)(F)F)c(OC)cc1Cl. The molecular formula is C11H13ClF3NO2. The standard InChI is InChI=1S/C11H13ClF3NO2/c1-17-9-6-8(10(18-2)5-7(9)12)16-4-3-11(13,14)15/h5-6,16H,3-4H2,1-2H3. The molecule has 1 rings (SSSR count). The Morgan fingerprint density at radius 3 is 2.28 bits per heavy atom. The molecule has 0 aliphatic carbocycles. The van der Waals surface area contributed by atoms with Gasteiger partial charge >= 0.3 is 6.18 Å². The number of nitrogens with one attached hydrogen (secondary N) is 1. The van der Waals surface area contributed by atoms with Crippen molar-refractivity contribution >= 4 is 17.3 Å². The van der Waals surface area contributed by atoms with Crippen molar-refractivity contribution < 1.29 is 22.6 Å². The van der Waals surface area contributed by atoms with E-state index in [1.165, 1.54) is 26.4 Å². The Labute approximate surface area is 108 Å². The number of hydrogen-bond acceptors (Lipinski definition) is 3. The molecule has 0 spiro atoms. The van der Waals surface area contributed by atoms with Crippen LogP contribution >= 0.6 is 11.6 Å². The van der Waals surface area contributed by atoms with Crippen LogP contribution in [0, 0.1) is 0 Å². The van der Waals surface area contributed by atoms with Gasteiger partial charge in [0, 0.05) is 18.7 Å². The third-order valence-corrected chi connectivity index (χ3v) is 2.49. The molecule has 3 nitrogen and oxygen atoms in total. The molecule has 0 radical (unpaired) electrons. The summed E-state index contributed by atoms with van der Waals surface area (Å²) >= 11 is 5.87. The highest BCUT2D eigenvalue weighted by molar-refractivity contribution is 6.32. The van der Waals surface area contributed by atoms with Crippen LogP contribution in [-0.2, 0) is 0 Å². The number of methoxy groups -OCH3 is 2. The Balaban J connectivity index is 2.80. The van der Waals surface area contributed by atoms with Crippen molar-refractivity contribution in [3.8, 4) is 11.5 Å². The summed E-state index contributed by atoms with van der Waals surface area (Å²) in [6.45, 7) is -0.245. The summed E-state index contributed by atoms with van der Waals surface area (Å²) in [5.74, 6) is 0.731. The van der Waals surface area contributed by atoms with Crippen molar-refractivity contribution in [3.63, 3.8) is 0 Å². The molecule has 0 heterocycles. The van der Waals surface area contributed by atoms with Crippen molar-refractivity contribution in [1.29, 1.82) is 0 Å². The summed E-state index contributed by atoms with van der Waals surface area (Å²) in [5, 5.41) is 2.97. The molecule has 0 saturated carbocycles. The van der Waals surface area contributed by atoms with E-state index in [9.17, 15) is 13.2 Å². The molecule has 1 N–H and O–H groups in total. The third-order valence-electron chi connectivity index (χ3n) is 2.20. The van der Waals surface area contributed by atoms with Gasteiger partial charge in [0.1, 0.15) is 11.5 Å². The Morgan fingerprint density at radius 1 is 1.17 bits per heavy atom. The third kappa shape index (κ3) is 4.18. The van der Waals surface area contributed by atoms with Crippen LogP contribution in [0.1, 0.15) is 6.42 Å². The van der Waals surface area contributed by atoms with Gasteiger partial charge in [0.2, 0.25) is 0 Å². The molecule has 7 heteroatoms. The number of hydrogen-bond donors (Lipinski definition) is 1. The van der Waals surface area contributed by atoms with E-state index < -0.39 is 12.6 Å². The Kier molecular flexibility index (Phi) is 4.95. The van der Waals surface area contributed by atoms with Crippen LogP contribution in [0.2, 0.25) is 5.02 Å². The van der Waals surface area contributed by atoms with E-state index in [-0.39, 0.29) is 6.54 Å². The Hall–Kier alpha value is -1.30. The van der Waals surface area contributed by atoms with Gasteiger partial charge in [0.05, 0.1) is 31.4 Å². The normalized spacial score (nSPS) is 11.2. The number of halogens is 4. The van der Waals surface area contributed by atoms with E-state index in [1.54, 1.807) is 0 Å². The first-order chi connectivity index (χ1) is 8.37. The highest BCUT2D eigenvalue weighted by Gasteiger charge is 2.26. The zero-order valence-electron chi connectivity index (χ0n) is 9.90. The maximum Gasteiger partial charge on any atom is 0.390 e. The fourth-order valence-corrected chi connectivity index (χ4v) is 1.57. The van der Waals surface area contributed by atoms with Gasteiger partial charge in [-0.2, -0.15) is 13.2 Å². The van der Waals surface area contributed by atoms with Gasteiger partial charge in [-0.25, -0.2) is 0 Å². The monoisotopic (exact) mass is 283 g/mol. The molecule has 0 unspecified atom stereocenters. The molecule has 1 aromatic carbocycles. The van der Waals surface area contributed by atoms with Crippen molar-refractivity contribution in [2.45, 2.75) is 12.6 Å². The maximum absolute atomic E-state index is 12.0. The van der Waals surface area contributed by atoms with E-state index in [1.807, 2.05) is 0 Å². The predicted molar refractivity (Wildman–Crippen MR) is 63.7 cm³/mol. The molecule has 0 bridgehead atoms. The van der Waals surface area contributed by atoms with E-state index in [2.05, 4.69) is 5.32 Å². The quantitative estimate of drug-likeness (QED) is 0.893. The number of benzene rings is 1. The minimum atomic E-state index is -4.20. The number of alkyl halides is 3. The molecule has 102 valence electrons. The van der Waals surface area contributed by atoms with Crippen LogP contribution in [0.25, 0.3) is 0 Å². The van der Waals surface area contributed by atoms with E-state index in [4.69, 9.17) is 21.1 Å². The summed E-state index contributed by atoms with van der Waals surface area (Å²) in [7, 11) is 2.83. The van der Waals surface area contributed by atoms with E-state index in [0.29, 0.717) is 22.2 Å². The molecule has 1 aromatic rings. The highest BCUT2D eigenvalue weighted by Crippen LogP contribution is 2.36. The lowest BCUT2D eigenvalue weighted by Crippen LogP contribution is -2.15. The first kappa shape index (κ1) is 14.8. The van der Waals surface area contributed by atoms with Gasteiger partial charge in [-0.3, -0.25) is 0 Å². The van der Waals surface area contributed by atoms with Gasteiger partial charge in [0.15, 0.2) is 0 Å². The smallest absolute Gasteiger partial charge is 0.390 e. The first-order valence-corrected chi connectivity index (χ1v) is 5.47. The lowest BCUT2D eigenvalue weighted by Gasteiger charge is -2.14. The fourth-order valence-electron chi connectivity index (χ4n) is 1.34. The number of ether oxygens (including phenoxy) is 2. The van der Waals surface area contributed by atoms with Gasteiger partial charge in [0.25, 0.3) is 0 Å². The molecule has 0 saturated heterocycles. The van der Waals surface area contributed by atoms with Crippen LogP contribution in [0.15, 0.2) is 12.1 Å². The molecule has 18 heavy (non-hydrogen) atoms. The minimum Gasteiger partial charge on any atom is -0.495 e. The van der Waals surface area contributed by atoms with Crippen LogP contribution < -0.4 is 14.8 Å². The minimum absolute atomic E-state index is 0.245. The molecule has 0 fully saturated rings. The van der Waals surface area contributed by atoms with Crippen molar-refractivity contribution in [2.75, 3.05) is 26.1 Å². The zero-order valence-corrected chi connectivity index (χ0v) is 10.7. The number of rotatable bonds is 5. The van der Waals surface area contributed by atoms with Gasteiger partial charge in [-0.1, -0.05) is 11.6 Å². The molecule has 0 aliphatic rings. The molecule has 0 aliphatic heterocycles. The summed E-state index contributed by atoms with van der Waals surface area (Å²) in [6, 6.07) is 2.98. The fraction of sp³-hybridized carbons (Fsp3) is 0.455. The second-order valence-electron chi connectivity index (χ2n) is 3.48. The van der Waals surface area contributed by atoms with Gasteiger partial charge in [-0.05, 0) is 0 Å². The topological polar surface area (TPSA) is 30.5 Å². The van der Waals surface area contributed by atoms with Gasteiger partial charge in [-0.15, -0.1) is 0 Å². The van der Waals surface area contributed by atoms with E-state index in [0.717, 1.165) is 0 Å². The Morgan fingerprint density at radius 2 is 1.78 bits per heavy atom. The molecule has 0 atom stereocenters.